The summed E-state index contributed by atoms with van der Waals surface area (Å²) in [7, 11) is 3.50. The predicted octanol–water partition coefficient (Wildman–Crippen LogP) is 4.27. The second kappa shape index (κ2) is 14.0. The number of methoxy groups -OCH3 is 1. The molecule has 0 radical (unpaired) electrons. The maximum absolute atomic E-state index is 5.99. The summed E-state index contributed by atoms with van der Waals surface area (Å²) in [5.41, 5.74) is 4.77. The highest BCUT2D eigenvalue weighted by molar-refractivity contribution is 14.0. The molecule has 0 amide bonds. The minimum atomic E-state index is 0. The SMILES string of the molecule is CN=C(NCc1cccc(N2CC=CC2)c1)NCc1ccc(C)cc1OCCCOC.I. The summed E-state index contributed by atoms with van der Waals surface area (Å²) in [6, 6.07) is 14.9. The number of guanidine groups is 1. The monoisotopic (exact) mass is 550 g/mol. The lowest BCUT2D eigenvalue weighted by Gasteiger charge is -2.19. The standard InChI is InChI=1S/C25H34N4O2.HI/c1-20-10-11-22(24(16-20)31-15-7-14-30-3)19-28-25(26-2)27-18-21-8-6-9-23(17-21)29-12-4-5-13-29;/h4-6,8-11,16-17H,7,12-15,18-19H2,1-3H3,(H2,26,27,28);1H. The van der Waals surface area contributed by atoms with Crippen LogP contribution < -0.4 is 20.3 Å². The predicted molar refractivity (Wildman–Crippen MR) is 143 cm³/mol. The van der Waals surface area contributed by atoms with Gasteiger partial charge >= 0.3 is 0 Å². The number of hydrogen-bond acceptors (Lipinski definition) is 4. The van der Waals surface area contributed by atoms with Crippen LogP contribution in [0.2, 0.25) is 0 Å². The average Bonchev–Trinajstić information content (AvgIpc) is 3.33. The van der Waals surface area contributed by atoms with Gasteiger partial charge in [0.15, 0.2) is 5.96 Å². The van der Waals surface area contributed by atoms with E-state index in [2.05, 4.69) is 82.1 Å². The third-order valence-corrected chi connectivity index (χ3v) is 5.20. The summed E-state index contributed by atoms with van der Waals surface area (Å²) in [5.74, 6) is 1.67. The van der Waals surface area contributed by atoms with Gasteiger partial charge in [-0.05, 0) is 36.2 Å². The summed E-state index contributed by atoms with van der Waals surface area (Å²) >= 11 is 0. The minimum Gasteiger partial charge on any atom is -0.493 e. The van der Waals surface area contributed by atoms with Crippen molar-refractivity contribution < 1.29 is 9.47 Å². The first-order valence-electron chi connectivity index (χ1n) is 10.8. The molecule has 6 nitrogen and oxygen atoms in total. The van der Waals surface area contributed by atoms with E-state index in [0.29, 0.717) is 26.3 Å². The van der Waals surface area contributed by atoms with Crippen molar-refractivity contribution in [2.24, 2.45) is 4.99 Å². The molecule has 0 saturated carbocycles. The van der Waals surface area contributed by atoms with Crippen LogP contribution in [-0.4, -0.2) is 46.4 Å². The van der Waals surface area contributed by atoms with E-state index in [1.54, 1.807) is 14.2 Å². The number of aliphatic imine (C=N–C) groups is 1. The van der Waals surface area contributed by atoms with Crippen molar-refractivity contribution in [3.05, 3.63) is 71.3 Å². The second-order valence-corrected chi connectivity index (χ2v) is 7.63. The molecule has 0 aliphatic carbocycles. The normalized spacial score (nSPS) is 13.1. The van der Waals surface area contributed by atoms with Gasteiger partial charge in [-0.25, -0.2) is 0 Å². The molecule has 0 bridgehead atoms. The molecule has 0 unspecified atom stereocenters. The summed E-state index contributed by atoms with van der Waals surface area (Å²) in [4.78, 5) is 6.72. The number of halogens is 1. The number of hydrogen-bond donors (Lipinski definition) is 2. The fourth-order valence-electron chi connectivity index (χ4n) is 3.46. The second-order valence-electron chi connectivity index (χ2n) is 7.63. The Kier molecular flexibility index (Phi) is 11.4. The topological polar surface area (TPSA) is 58.1 Å². The fourth-order valence-corrected chi connectivity index (χ4v) is 3.46. The molecule has 174 valence electrons. The molecule has 1 heterocycles. The average molecular weight is 550 g/mol. The molecular weight excluding hydrogens is 515 g/mol. The quantitative estimate of drug-likeness (QED) is 0.152. The number of ether oxygens (including phenoxy) is 2. The smallest absolute Gasteiger partial charge is 0.191 e. The largest absolute Gasteiger partial charge is 0.493 e. The van der Waals surface area contributed by atoms with Crippen molar-refractivity contribution >= 4 is 35.6 Å². The first kappa shape index (κ1) is 26.0. The van der Waals surface area contributed by atoms with Gasteiger partial charge in [-0.2, -0.15) is 0 Å². The van der Waals surface area contributed by atoms with E-state index < -0.39 is 0 Å². The number of benzene rings is 2. The Morgan fingerprint density at radius 2 is 1.81 bits per heavy atom. The molecule has 0 spiro atoms. The molecular formula is C25H35IN4O2. The maximum Gasteiger partial charge on any atom is 0.191 e. The van der Waals surface area contributed by atoms with Crippen molar-refractivity contribution in [3.63, 3.8) is 0 Å². The van der Waals surface area contributed by atoms with Crippen LogP contribution in [-0.2, 0) is 17.8 Å². The summed E-state index contributed by atoms with van der Waals surface area (Å²) in [6.45, 7) is 6.72. The number of aryl methyl sites for hydroxylation is 1. The van der Waals surface area contributed by atoms with E-state index >= 15 is 0 Å². The Labute approximate surface area is 209 Å². The molecule has 2 aromatic carbocycles. The van der Waals surface area contributed by atoms with Crippen molar-refractivity contribution in [1.82, 2.24) is 10.6 Å². The van der Waals surface area contributed by atoms with Gasteiger partial charge in [0.25, 0.3) is 0 Å². The van der Waals surface area contributed by atoms with Gasteiger partial charge in [-0.15, -0.1) is 24.0 Å². The fraction of sp³-hybridized carbons (Fsp3) is 0.400. The van der Waals surface area contributed by atoms with Gasteiger partial charge in [0.2, 0.25) is 0 Å². The van der Waals surface area contributed by atoms with Crippen molar-refractivity contribution in [1.29, 1.82) is 0 Å². The Bertz CT molecular complexity index is 893. The van der Waals surface area contributed by atoms with Gasteiger partial charge < -0.3 is 25.0 Å². The number of nitrogens with zero attached hydrogens (tertiary/aromatic N) is 2. The molecule has 7 heteroatoms. The lowest BCUT2D eigenvalue weighted by atomic mass is 10.1. The van der Waals surface area contributed by atoms with Crippen molar-refractivity contribution in [2.75, 3.05) is 45.4 Å². The highest BCUT2D eigenvalue weighted by Gasteiger charge is 2.09. The molecule has 3 rings (SSSR count). The molecule has 1 aliphatic heterocycles. The summed E-state index contributed by atoms with van der Waals surface area (Å²) in [6.07, 6.45) is 5.28. The molecule has 2 N–H and O–H groups in total. The van der Waals surface area contributed by atoms with Gasteiger partial charge in [0.1, 0.15) is 5.75 Å². The van der Waals surface area contributed by atoms with Crippen LogP contribution in [0.25, 0.3) is 0 Å². The number of rotatable bonds is 10. The molecule has 0 saturated heterocycles. The van der Waals surface area contributed by atoms with Crippen LogP contribution >= 0.6 is 24.0 Å². The van der Waals surface area contributed by atoms with E-state index in [0.717, 1.165) is 36.8 Å². The highest BCUT2D eigenvalue weighted by Crippen LogP contribution is 2.21. The Balaban J connectivity index is 0.00000363. The van der Waals surface area contributed by atoms with Gasteiger partial charge in [0.05, 0.1) is 6.61 Å². The maximum atomic E-state index is 5.99. The Morgan fingerprint density at radius 3 is 2.56 bits per heavy atom. The van der Waals surface area contributed by atoms with Crippen LogP contribution in [0.5, 0.6) is 5.75 Å². The van der Waals surface area contributed by atoms with E-state index in [9.17, 15) is 0 Å². The van der Waals surface area contributed by atoms with Crippen molar-refractivity contribution in [3.8, 4) is 5.75 Å². The molecule has 0 fully saturated rings. The lowest BCUT2D eigenvalue weighted by molar-refractivity contribution is 0.171. The third kappa shape index (κ3) is 8.02. The zero-order valence-electron chi connectivity index (χ0n) is 19.3. The van der Waals surface area contributed by atoms with Crippen molar-refractivity contribution in [2.45, 2.75) is 26.4 Å². The Hall–Kier alpha value is -2.26. The van der Waals surface area contributed by atoms with Crippen LogP contribution in [0.1, 0.15) is 23.1 Å². The lowest BCUT2D eigenvalue weighted by Crippen LogP contribution is -2.36. The molecule has 0 atom stereocenters. The number of nitrogens with one attached hydrogen (secondary N) is 2. The van der Waals surface area contributed by atoms with E-state index in [1.807, 2.05) is 0 Å². The first-order valence-corrected chi connectivity index (χ1v) is 10.8. The molecule has 2 aromatic rings. The zero-order chi connectivity index (χ0) is 21.9. The summed E-state index contributed by atoms with van der Waals surface area (Å²) in [5, 5.41) is 6.81. The highest BCUT2D eigenvalue weighted by atomic mass is 127. The van der Waals surface area contributed by atoms with Gasteiger partial charge in [-0.3, -0.25) is 4.99 Å². The molecule has 32 heavy (non-hydrogen) atoms. The van der Waals surface area contributed by atoms with Gasteiger partial charge in [0, 0.05) is 64.6 Å². The van der Waals surface area contributed by atoms with E-state index in [-0.39, 0.29) is 24.0 Å². The van der Waals surface area contributed by atoms with Crippen LogP contribution in [0.15, 0.2) is 59.6 Å². The first-order chi connectivity index (χ1) is 15.2. The molecule has 1 aliphatic rings. The van der Waals surface area contributed by atoms with E-state index in [1.165, 1.54) is 16.8 Å². The Morgan fingerprint density at radius 1 is 1.03 bits per heavy atom. The van der Waals surface area contributed by atoms with E-state index in [4.69, 9.17) is 9.47 Å². The van der Waals surface area contributed by atoms with Gasteiger partial charge in [-0.1, -0.05) is 36.4 Å². The molecule has 0 aromatic heterocycles. The minimum absolute atomic E-state index is 0. The third-order valence-electron chi connectivity index (χ3n) is 5.20. The van der Waals surface area contributed by atoms with Crippen LogP contribution in [0.4, 0.5) is 5.69 Å². The van der Waals surface area contributed by atoms with Crippen LogP contribution in [0, 0.1) is 6.92 Å². The zero-order valence-corrected chi connectivity index (χ0v) is 21.6. The summed E-state index contributed by atoms with van der Waals surface area (Å²) < 4.78 is 11.1. The number of anilines is 1. The van der Waals surface area contributed by atoms with Crippen LogP contribution in [0.3, 0.4) is 0 Å².